The second kappa shape index (κ2) is 10.1. The first-order chi connectivity index (χ1) is 17.6. The molecule has 8 atom stereocenters. The summed E-state index contributed by atoms with van der Waals surface area (Å²) in [6, 6.07) is 0. The summed E-state index contributed by atoms with van der Waals surface area (Å²) in [4.78, 5) is 11.7. The fourth-order valence-corrected chi connectivity index (χ4v) is 11.1. The largest absolute Gasteiger partial charge is 0.462 e. The molecule has 0 bridgehead atoms. The Morgan fingerprint density at radius 3 is 2.08 bits per heavy atom. The number of hydrogen-bond donors (Lipinski definition) is 0. The van der Waals surface area contributed by atoms with Gasteiger partial charge in [0, 0.05) is 13.3 Å². The van der Waals surface area contributed by atoms with Crippen molar-refractivity contribution in [2.75, 3.05) is 0 Å². The number of hydrogen-bond acceptors (Lipinski definition) is 4. The van der Waals surface area contributed by atoms with Gasteiger partial charge in [0.25, 0.3) is 0 Å². The smallest absolute Gasteiger partial charge is 0.302 e. The Bertz CT molecular complexity index is 973. The number of ether oxygens (including phenoxy) is 1. The molecule has 0 saturated heterocycles. The first-order valence-electron chi connectivity index (χ1n) is 15.8. The molecule has 0 radical (unpaired) electrons. The highest BCUT2D eigenvalue weighted by Gasteiger charge is 2.64. The van der Waals surface area contributed by atoms with Crippen molar-refractivity contribution in [2.45, 2.75) is 162 Å². The molecule has 0 aromatic carbocycles. The Kier molecular flexibility index (Phi) is 8.15. The number of carbonyl (C=O) groups excluding carboxylic acids is 1. The lowest BCUT2D eigenvalue weighted by Gasteiger charge is -2.59. The monoisotopic (exact) mass is 576 g/mol. The van der Waals surface area contributed by atoms with Crippen molar-refractivity contribution >= 4 is 22.6 Å². The van der Waals surface area contributed by atoms with Gasteiger partial charge in [-0.1, -0.05) is 67.0 Å². The molecule has 0 aliphatic heterocycles. The average Bonchev–Trinajstić information content (AvgIpc) is 3.02. The van der Waals surface area contributed by atoms with E-state index in [4.69, 9.17) is 13.6 Å². The zero-order chi connectivity index (χ0) is 29.4. The molecule has 0 aromatic heterocycles. The summed E-state index contributed by atoms with van der Waals surface area (Å²) in [6.07, 6.45) is 10.9. The van der Waals surface area contributed by atoms with Crippen molar-refractivity contribution in [1.82, 2.24) is 0 Å². The number of allylic oxidation sites excluding steroid dienone is 1. The van der Waals surface area contributed by atoms with Gasteiger partial charge in [0.15, 0.2) is 16.6 Å². The molecule has 4 nitrogen and oxygen atoms in total. The maximum atomic E-state index is 11.7. The summed E-state index contributed by atoms with van der Waals surface area (Å²) in [5, 5.41) is 0.390. The minimum Gasteiger partial charge on any atom is -0.462 e. The van der Waals surface area contributed by atoms with E-state index in [9.17, 15) is 4.79 Å². The molecule has 39 heavy (non-hydrogen) atoms. The topological polar surface area (TPSA) is 44.8 Å². The summed E-state index contributed by atoms with van der Waals surface area (Å²) >= 11 is 0. The van der Waals surface area contributed by atoms with Crippen LogP contribution in [0, 0.1) is 28.6 Å². The van der Waals surface area contributed by atoms with E-state index in [2.05, 4.69) is 87.7 Å². The van der Waals surface area contributed by atoms with Gasteiger partial charge in [0.05, 0.1) is 12.2 Å². The summed E-state index contributed by atoms with van der Waals surface area (Å²) in [5.74, 6) is 1.69. The highest BCUT2D eigenvalue weighted by molar-refractivity contribution is 6.74. The van der Waals surface area contributed by atoms with E-state index in [0.29, 0.717) is 17.8 Å². The average molecular weight is 577 g/mol. The van der Waals surface area contributed by atoms with Crippen LogP contribution in [0.1, 0.15) is 107 Å². The van der Waals surface area contributed by atoms with E-state index in [-0.39, 0.29) is 45.2 Å². The van der Waals surface area contributed by atoms with Crippen LogP contribution in [-0.2, 0) is 18.4 Å². The second-order valence-corrected chi connectivity index (χ2v) is 26.7. The van der Waals surface area contributed by atoms with Crippen LogP contribution in [0.3, 0.4) is 0 Å². The fourth-order valence-electron chi connectivity index (χ4n) is 8.34. The van der Waals surface area contributed by atoms with Crippen LogP contribution < -0.4 is 0 Å². The van der Waals surface area contributed by atoms with Crippen LogP contribution in [0.4, 0.5) is 0 Å². The third-order valence-electron chi connectivity index (χ3n) is 12.8. The summed E-state index contributed by atoms with van der Waals surface area (Å²) in [5.41, 5.74) is 1.92. The molecule has 4 rings (SSSR count). The minimum absolute atomic E-state index is 0.0516. The van der Waals surface area contributed by atoms with Gasteiger partial charge in [-0.2, -0.15) is 0 Å². The molecule has 3 saturated carbocycles. The summed E-state index contributed by atoms with van der Waals surface area (Å²) < 4.78 is 20.4. The molecular formula is C33H60O4Si2. The van der Waals surface area contributed by atoms with E-state index in [1.807, 2.05) is 0 Å². The predicted octanol–water partition coefficient (Wildman–Crippen LogP) is 9.27. The maximum absolute atomic E-state index is 11.7. The predicted molar refractivity (Wildman–Crippen MR) is 167 cm³/mol. The van der Waals surface area contributed by atoms with Crippen LogP contribution >= 0.6 is 0 Å². The van der Waals surface area contributed by atoms with Crippen LogP contribution in [0.25, 0.3) is 0 Å². The Labute approximate surface area is 242 Å². The van der Waals surface area contributed by atoms with Crippen LogP contribution in [-0.4, -0.2) is 40.9 Å². The second-order valence-electron chi connectivity index (χ2n) is 17.2. The highest BCUT2D eigenvalue weighted by atomic mass is 28.4. The zero-order valence-corrected chi connectivity index (χ0v) is 29.6. The SMILES string of the molecule is CC(=O)OC1CCC2(C)C(=CCC3C2CCC2(C)C(O[Si](C)(C)C(C)(C)C)CC(O[Si](C)(C)C(C)(C)C)C32)C1. The van der Waals surface area contributed by atoms with Crippen molar-refractivity contribution in [3.8, 4) is 0 Å². The molecule has 0 heterocycles. The van der Waals surface area contributed by atoms with Crippen molar-refractivity contribution < 1.29 is 18.4 Å². The molecule has 224 valence electrons. The van der Waals surface area contributed by atoms with Crippen molar-refractivity contribution in [1.29, 1.82) is 0 Å². The van der Waals surface area contributed by atoms with Crippen molar-refractivity contribution in [2.24, 2.45) is 28.6 Å². The maximum Gasteiger partial charge on any atom is 0.302 e. The molecule has 8 unspecified atom stereocenters. The van der Waals surface area contributed by atoms with E-state index < -0.39 is 16.6 Å². The Morgan fingerprint density at radius 2 is 1.51 bits per heavy atom. The lowest BCUT2D eigenvalue weighted by molar-refractivity contribution is -0.149. The van der Waals surface area contributed by atoms with Gasteiger partial charge < -0.3 is 13.6 Å². The molecule has 4 aliphatic carbocycles. The molecule has 0 N–H and O–H groups in total. The lowest BCUT2D eigenvalue weighted by Crippen LogP contribution is -2.55. The van der Waals surface area contributed by atoms with Gasteiger partial charge in [0.1, 0.15) is 6.10 Å². The fraction of sp³-hybridized carbons (Fsp3) is 0.909. The van der Waals surface area contributed by atoms with Gasteiger partial charge >= 0.3 is 5.97 Å². The molecule has 3 fully saturated rings. The molecule has 0 amide bonds. The lowest BCUT2D eigenvalue weighted by atomic mass is 9.47. The molecular weight excluding hydrogens is 517 g/mol. The van der Waals surface area contributed by atoms with E-state index in [0.717, 1.165) is 32.1 Å². The normalized spacial score (nSPS) is 39.4. The van der Waals surface area contributed by atoms with Gasteiger partial charge in [-0.25, -0.2) is 0 Å². The van der Waals surface area contributed by atoms with Gasteiger partial charge in [-0.15, -0.1) is 0 Å². The first kappa shape index (κ1) is 31.5. The number of esters is 1. The highest BCUT2D eigenvalue weighted by Crippen LogP contribution is 2.66. The Hall–Kier alpha value is -0.436. The first-order valence-corrected chi connectivity index (χ1v) is 21.7. The number of fused-ring (bicyclic) bond motifs is 5. The Balaban J connectivity index is 1.70. The summed E-state index contributed by atoms with van der Waals surface area (Å²) in [6.45, 7) is 30.6. The van der Waals surface area contributed by atoms with Crippen molar-refractivity contribution in [3.05, 3.63) is 11.6 Å². The number of carbonyl (C=O) groups is 1. The molecule has 6 heteroatoms. The number of rotatable bonds is 5. The van der Waals surface area contributed by atoms with E-state index in [1.165, 1.54) is 12.8 Å². The van der Waals surface area contributed by atoms with Crippen LogP contribution in [0.5, 0.6) is 0 Å². The van der Waals surface area contributed by atoms with Crippen molar-refractivity contribution in [3.63, 3.8) is 0 Å². The van der Waals surface area contributed by atoms with Crippen LogP contribution in [0.15, 0.2) is 11.6 Å². The zero-order valence-electron chi connectivity index (χ0n) is 27.6. The molecule has 0 spiro atoms. The van der Waals surface area contributed by atoms with E-state index in [1.54, 1.807) is 12.5 Å². The van der Waals surface area contributed by atoms with E-state index >= 15 is 0 Å². The van der Waals surface area contributed by atoms with Gasteiger partial charge in [-0.3, -0.25) is 4.79 Å². The quantitative estimate of drug-likeness (QED) is 0.186. The molecule has 4 aliphatic rings. The summed E-state index contributed by atoms with van der Waals surface area (Å²) in [7, 11) is -3.87. The Morgan fingerprint density at radius 1 is 0.923 bits per heavy atom. The third-order valence-corrected chi connectivity index (χ3v) is 21.8. The van der Waals surface area contributed by atoms with Gasteiger partial charge in [-0.05, 0) is 103 Å². The minimum atomic E-state index is -1.95. The van der Waals surface area contributed by atoms with Crippen LogP contribution in [0.2, 0.25) is 36.3 Å². The standard InChI is InChI=1S/C33H60O4Si2/c1-22(34)35-24-16-18-32(8)23(20-24)14-15-25-26(32)17-19-33(9)28(37-39(12,13)31(5,6)7)21-27(29(25)33)36-38(10,11)30(2,3)4/h14,24-29H,15-21H2,1-13H3. The van der Waals surface area contributed by atoms with Gasteiger partial charge in [0.2, 0.25) is 0 Å². The molecule has 0 aromatic rings. The third kappa shape index (κ3) is 5.55.